The number of hydrogen-bond acceptors (Lipinski definition) is 16. The summed E-state index contributed by atoms with van der Waals surface area (Å²) >= 11 is 0. The molecule has 0 bridgehead atoms. The lowest BCUT2D eigenvalue weighted by Crippen LogP contribution is -2.12. The molecule has 12 rings (SSSR count). The molecule has 0 aliphatic carbocycles. The van der Waals surface area contributed by atoms with E-state index in [9.17, 15) is 23.0 Å². The Kier molecular flexibility index (Phi) is 16.3. The van der Waals surface area contributed by atoms with Gasteiger partial charge < -0.3 is 40.1 Å². The number of fused-ring (bicyclic) bond motifs is 3. The number of nitrogens with one attached hydrogen (secondary N) is 3. The van der Waals surface area contributed by atoms with Gasteiger partial charge in [0, 0.05) is 73.0 Å². The minimum Gasteiger partial charge on any atom is -0.508 e. The molecule has 0 saturated carbocycles. The van der Waals surface area contributed by atoms with E-state index in [1.165, 1.54) is 41.6 Å². The number of aromatic hydroxyl groups is 2. The number of nitrogens with zero attached hydrogens (tertiary/aromatic N) is 9. The summed E-state index contributed by atoms with van der Waals surface area (Å²) in [5.41, 5.74) is 10.2. The van der Waals surface area contributed by atoms with Crippen LogP contribution in [0, 0.1) is 5.82 Å². The Morgan fingerprint density at radius 3 is 1.58 bits per heavy atom. The van der Waals surface area contributed by atoms with Gasteiger partial charge in [0.05, 0.1) is 67.6 Å². The number of rotatable bonds is 15. The molecule has 12 aromatic rings. The van der Waals surface area contributed by atoms with Gasteiger partial charge in [-0.1, -0.05) is 57.2 Å². The summed E-state index contributed by atoms with van der Waals surface area (Å²) in [6.45, 7) is 8.24. The summed E-state index contributed by atoms with van der Waals surface area (Å²) in [6.07, 6.45) is 17.3. The Labute approximate surface area is 476 Å². The van der Waals surface area contributed by atoms with Crippen molar-refractivity contribution < 1.29 is 36.9 Å². The van der Waals surface area contributed by atoms with E-state index < -0.39 is 15.8 Å². The second-order valence-corrected chi connectivity index (χ2v) is 21.5. The maximum atomic E-state index is 14.2. The highest BCUT2D eigenvalue weighted by atomic mass is 32.2. The molecule has 0 fully saturated rings. The Morgan fingerprint density at radius 2 is 1.07 bits per heavy atom. The van der Waals surface area contributed by atoms with E-state index in [4.69, 9.17) is 19.0 Å². The Hall–Kier alpha value is -10.3. The normalized spacial score (nSPS) is 11.4. The van der Waals surface area contributed by atoms with Crippen LogP contribution in [0.5, 0.6) is 23.0 Å². The number of primary sulfonamides is 1. The van der Waals surface area contributed by atoms with E-state index in [-0.39, 0.29) is 21.8 Å². The van der Waals surface area contributed by atoms with E-state index in [1.807, 2.05) is 76.1 Å². The molecule has 7 N–H and O–H groups in total. The predicted octanol–water partition coefficient (Wildman–Crippen LogP) is 11.1. The van der Waals surface area contributed by atoms with Gasteiger partial charge in [-0.2, -0.15) is 0 Å². The van der Waals surface area contributed by atoms with Gasteiger partial charge in [0.25, 0.3) is 0 Å². The number of nitrogens with two attached hydrogens (primary N) is 1. The number of furan rings is 1. The molecular weight excluding hydrogens is 1080 g/mol. The third-order valence-corrected chi connectivity index (χ3v) is 14.3. The molecule has 22 heteroatoms. The fourth-order valence-corrected chi connectivity index (χ4v) is 9.49. The van der Waals surface area contributed by atoms with Gasteiger partial charge in [0.15, 0.2) is 45.9 Å². The third kappa shape index (κ3) is 12.8. The largest absolute Gasteiger partial charge is 0.508 e. The van der Waals surface area contributed by atoms with Crippen LogP contribution >= 0.6 is 0 Å². The number of anilines is 3. The summed E-state index contributed by atoms with van der Waals surface area (Å²) in [4.78, 5) is 26.6. The van der Waals surface area contributed by atoms with Gasteiger partial charge in [-0.15, -0.1) is 0 Å². The molecule has 5 aromatic carbocycles. The first-order valence-electron chi connectivity index (χ1n) is 26.0. The van der Waals surface area contributed by atoms with Crippen molar-refractivity contribution in [2.24, 2.45) is 5.14 Å². The molecule has 0 aliphatic rings. The molecule has 0 spiro atoms. The second-order valence-electron chi connectivity index (χ2n) is 19.9. The van der Waals surface area contributed by atoms with Crippen molar-refractivity contribution in [2.45, 2.75) is 50.7 Å². The monoisotopic (exact) mass is 1140 g/mol. The lowest BCUT2D eigenvalue weighted by atomic mass is 9.87. The van der Waals surface area contributed by atoms with Gasteiger partial charge in [-0.05, 0) is 101 Å². The highest BCUT2D eigenvalue weighted by molar-refractivity contribution is 7.89. The van der Waals surface area contributed by atoms with Crippen LogP contribution in [0.15, 0.2) is 193 Å². The molecular formula is C61H58FN13O7S. The number of phenolic OH excluding ortho intramolecular Hbond substituents is 2. The van der Waals surface area contributed by atoms with Crippen molar-refractivity contribution in [3.63, 3.8) is 0 Å². The van der Waals surface area contributed by atoms with E-state index in [1.54, 1.807) is 73.9 Å². The number of ether oxygens (including phenoxy) is 2. The molecule has 7 heterocycles. The van der Waals surface area contributed by atoms with Crippen molar-refractivity contribution in [1.82, 2.24) is 43.1 Å². The first-order chi connectivity index (χ1) is 40.0. The first-order valence-corrected chi connectivity index (χ1v) is 27.5. The number of hydrogen-bond donors (Lipinski definition) is 6. The maximum Gasteiger partial charge on any atom is 0.238 e. The van der Waals surface area contributed by atoms with Crippen LogP contribution in [0.1, 0.15) is 43.2 Å². The average molecular weight is 1140 g/mol. The number of halogens is 1. The number of sulfonamides is 1. The van der Waals surface area contributed by atoms with Gasteiger partial charge in [0.2, 0.25) is 10.0 Å². The summed E-state index contributed by atoms with van der Waals surface area (Å²) in [5, 5.41) is 33.8. The highest BCUT2D eigenvalue weighted by Gasteiger charge is 2.18. The zero-order valence-electron chi connectivity index (χ0n) is 45.8. The molecule has 0 atom stereocenters. The average Bonchev–Trinajstić information content (AvgIpc) is 3.37. The molecule has 7 aromatic heterocycles. The van der Waals surface area contributed by atoms with Crippen LogP contribution in [0.25, 0.3) is 50.7 Å². The molecule has 0 aliphatic heterocycles. The molecule has 422 valence electrons. The predicted molar refractivity (Wildman–Crippen MR) is 315 cm³/mol. The van der Waals surface area contributed by atoms with Gasteiger partial charge in [-0.25, -0.2) is 47.9 Å². The van der Waals surface area contributed by atoms with Crippen LogP contribution in [-0.4, -0.2) is 76.0 Å². The smallest absolute Gasteiger partial charge is 0.238 e. The van der Waals surface area contributed by atoms with Crippen LogP contribution in [0.3, 0.4) is 0 Å². The number of methoxy groups -OCH3 is 2. The number of phenols is 2. The summed E-state index contributed by atoms with van der Waals surface area (Å²) in [6, 6.07) is 35.4. The molecule has 20 nitrogen and oxygen atoms in total. The lowest BCUT2D eigenvalue weighted by molar-refractivity contribution is 0.355. The molecule has 0 saturated heterocycles. The second kappa shape index (κ2) is 24.2. The number of aromatic nitrogens is 9. The topological polar surface area (TPSA) is 259 Å². The summed E-state index contributed by atoms with van der Waals surface area (Å²) in [5.74, 6) is 3.64. The number of imidazole rings is 3. The van der Waals surface area contributed by atoms with Crippen LogP contribution in [0.2, 0.25) is 0 Å². The minimum atomic E-state index is -3.74. The molecule has 0 amide bonds. The van der Waals surface area contributed by atoms with Crippen LogP contribution in [-0.2, 0) is 35.1 Å². The van der Waals surface area contributed by atoms with Gasteiger partial charge in [-0.3, -0.25) is 13.2 Å². The lowest BCUT2D eigenvalue weighted by Gasteiger charge is -2.19. The van der Waals surface area contributed by atoms with Crippen molar-refractivity contribution in [3.05, 3.63) is 212 Å². The van der Waals surface area contributed by atoms with E-state index in [0.29, 0.717) is 59.7 Å². The molecule has 0 unspecified atom stereocenters. The summed E-state index contributed by atoms with van der Waals surface area (Å²) in [7, 11) is -0.497. The zero-order chi connectivity index (χ0) is 58.3. The quantitative estimate of drug-likeness (QED) is 0.0558. The van der Waals surface area contributed by atoms with Crippen LogP contribution in [0.4, 0.5) is 21.8 Å². The van der Waals surface area contributed by atoms with Gasteiger partial charge in [0.1, 0.15) is 23.1 Å². The van der Waals surface area contributed by atoms with E-state index in [2.05, 4.69) is 90.9 Å². The fraction of sp³-hybridized carbons (Fsp3) is 0.148. The SMILES string of the molecule is CC(C)(C)c1ccc(CNc2nccn3c(-c4ccc(O)cc4)cnc23)cc1.COc1ccc(-c2cnc3c(NCc4ccco4)nccn23)cc1OC.NS(=O)(=O)c1ccc(CNc2nccn3c(-c4ccc(O)cc4F)cnc23)cc1. The number of benzene rings is 5. The Bertz CT molecular complexity index is 4300. The highest BCUT2D eigenvalue weighted by Crippen LogP contribution is 2.34. The zero-order valence-corrected chi connectivity index (χ0v) is 46.6. The minimum absolute atomic E-state index is 0.0373. The standard InChI is InChI=1S/C23H24N4O.C19H16FN5O3S.C19H18N4O3/c1-23(2,3)18-8-4-16(5-9-18)14-25-21-22-26-15-20(27(22)13-12-24-21)17-6-10-19(28)11-7-17;20-16-9-13(26)3-6-15(16)17-11-24-19-18(22-7-8-25(17)19)23-10-12-1-4-14(5-2-12)29(21,27)28;1-24-16-6-5-13(10-17(16)25-2)15-12-22-19-18(20-7-8-23(15)19)21-11-14-4-3-9-26-14/h4-13,15,28H,14H2,1-3H3,(H,24,25);1-9,11,26H,10H2,(H,22,23)(H2,21,27,28);3-10,12H,11H2,1-2H3,(H,20,21). The third-order valence-electron chi connectivity index (χ3n) is 13.4. The van der Waals surface area contributed by atoms with Crippen molar-refractivity contribution >= 4 is 44.4 Å². The van der Waals surface area contributed by atoms with Gasteiger partial charge >= 0.3 is 0 Å². The fourth-order valence-electron chi connectivity index (χ4n) is 8.97. The Morgan fingerprint density at radius 1 is 0.578 bits per heavy atom. The van der Waals surface area contributed by atoms with Crippen molar-refractivity contribution in [3.8, 4) is 56.8 Å². The van der Waals surface area contributed by atoms with Crippen molar-refractivity contribution in [1.29, 1.82) is 0 Å². The molecule has 83 heavy (non-hydrogen) atoms. The van der Waals surface area contributed by atoms with Crippen molar-refractivity contribution in [2.75, 3.05) is 30.2 Å². The van der Waals surface area contributed by atoms with E-state index in [0.717, 1.165) is 57.0 Å². The van der Waals surface area contributed by atoms with E-state index >= 15 is 0 Å². The Balaban J connectivity index is 0.000000139. The maximum absolute atomic E-state index is 14.2. The van der Waals surface area contributed by atoms with Crippen LogP contribution < -0.4 is 30.6 Å². The first kappa shape index (κ1) is 56.0. The molecule has 0 radical (unpaired) electrons. The summed E-state index contributed by atoms with van der Waals surface area (Å²) < 4.78 is 58.6.